The Morgan fingerprint density at radius 2 is 1.83 bits per heavy atom. The van der Waals surface area contributed by atoms with Crippen LogP contribution >= 0.6 is 11.6 Å². The molecule has 1 atom stereocenters. The molecule has 1 saturated heterocycles. The molecule has 1 aliphatic heterocycles. The van der Waals surface area contributed by atoms with E-state index < -0.39 is 17.7 Å². The number of ether oxygens (including phenoxy) is 2. The number of carbonyl (C=O) groups excluding carboxylic acids is 2. The molecule has 0 aromatic heterocycles. The van der Waals surface area contributed by atoms with E-state index >= 15 is 0 Å². The topological polar surface area (TPSA) is 76.1 Å². The van der Waals surface area contributed by atoms with Gasteiger partial charge in [0.25, 0.3) is 11.7 Å². The van der Waals surface area contributed by atoms with Gasteiger partial charge in [-0.3, -0.25) is 9.59 Å². The van der Waals surface area contributed by atoms with Crippen LogP contribution in [-0.2, 0) is 14.3 Å². The third-order valence-corrected chi connectivity index (χ3v) is 5.20. The number of rotatable bonds is 6. The Hall–Kier alpha value is -2.83. The number of aryl methyl sites for hydroxylation is 1. The number of methoxy groups -OCH3 is 2. The lowest BCUT2D eigenvalue weighted by atomic mass is 9.94. The number of Topliss-reactive ketones (excluding diaryl/α,β-unsaturated/α-hetero) is 1. The summed E-state index contributed by atoms with van der Waals surface area (Å²) in [6.45, 7) is 2.28. The molecule has 2 aromatic carbocycles. The molecule has 0 saturated carbocycles. The monoisotopic (exact) mass is 415 g/mol. The quantitative estimate of drug-likeness (QED) is 0.442. The molecule has 1 N–H and O–H groups in total. The molecule has 29 heavy (non-hydrogen) atoms. The Balaban J connectivity index is 2.17. The molecule has 1 heterocycles. The van der Waals surface area contributed by atoms with Gasteiger partial charge in [0.15, 0.2) is 0 Å². The van der Waals surface area contributed by atoms with Crippen LogP contribution in [0.2, 0.25) is 5.02 Å². The Morgan fingerprint density at radius 3 is 2.41 bits per heavy atom. The Morgan fingerprint density at radius 1 is 1.14 bits per heavy atom. The minimum absolute atomic E-state index is 0.0432. The van der Waals surface area contributed by atoms with Crippen LogP contribution in [0.15, 0.2) is 48.0 Å². The molecule has 1 unspecified atom stereocenters. The van der Waals surface area contributed by atoms with E-state index in [0.717, 1.165) is 5.56 Å². The number of halogens is 1. The summed E-state index contributed by atoms with van der Waals surface area (Å²) in [5, 5.41) is 11.6. The zero-order valence-electron chi connectivity index (χ0n) is 16.4. The van der Waals surface area contributed by atoms with Crippen molar-refractivity contribution in [2.45, 2.75) is 13.0 Å². The number of benzene rings is 2. The first kappa shape index (κ1) is 20.9. The molecule has 6 nitrogen and oxygen atoms in total. The summed E-state index contributed by atoms with van der Waals surface area (Å²) in [5.74, 6) is -0.985. The highest BCUT2D eigenvalue weighted by molar-refractivity contribution is 6.46. The highest BCUT2D eigenvalue weighted by atomic mass is 35.5. The van der Waals surface area contributed by atoms with Crippen molar-refractivity contribution in [1.29, 1.82) is 0 Å². The number of ketones is 1. The van der Waals surface area contributed by atoms with Crippen LogP contribution in [-0.4, -0.2) is 49.1 Å². The largest absolute Gasteiger partial charge is 0.507 e. The van der Waals surface area contributed by atoms with Crippen molar-refractivity contribution in [3.8, 4) is 5.75 Å². The van der Waals surface area contributed by atoms with Crippen molar-refractivity contribution in [2.75, 3.05) is 27.4 Å². The number of nitrogens with zero attached hydrogens (tertiary/aromatic N) is 1. The first-order valence-electron chi connectivity index (χ1n) is 9.06. The second-order valence-corrected chi connectivity index (χ2v) is 7.15. The van der Waals surface area contributed by atoms with Crippen molar-refractivity contribution >= 4 is 29.1 Å². The summed E-state index contributed by atoms with van der Waals surface area (Å²) in [6, 6.07) is 11.2. The normalized spacial score (nSPS) is 18.3. The number of amides is 1. The van der Waals surface area contributed by atoms with Crippen LogP contribution in [0.3, 0.4) is 0 Å². The van der Waals surface area contributed by atoms with Gasteiger partial charge in [-0.2, -0.15) is 0 Å². The van der Waals surface area contributed by atoms with Crippen molar-refractivity contribution in [3.05, 3.63) is 69.8 Å². The van der Waals surface area contributed by atoms with E-state index in [0.29, 0.717) is 21.9 Å². The molecule has 152 valence electrons. The van der Waals surface area contributed by atoms with Crippen LogP contribution < -0.4 is 4.74 Å². The molecule has 0 aliphatic carbocycles. The Labute approximate surface area is 174 Å². The fraction of sp³-hybridized carbons (Fsp3) is 0.273. The van der Waals surface area contributed by atoms with Crippen molar-refractivity contribution < 1.29 is 24.2 Å². The highest BCUT2D eigenvalue weighted by Gasteiger charge is 2.45. The molecule has 7 heteroatoms. The van der Waals surface area contributed by atoms with E-state index in [1.54, 1.807) is 56.5 Å². The lowest BCUT2D eigenvalue weighted by Gasteiger charge is -2.25. The van der Waals surface area contributed by atoms with Gasteiger partial charge in [-0.25, -0.2) is 0 Å². The lowest BCUT2D eigenvalue weighted by Crippen LogP contribution is -2.32. The molecule has 0 spiro atoms. The van der Waals surface area contributed by atoms with Crippen molar-refractivity contribution in [1.82, 2.24) is 4.90 Å². The number of hydrogen-bond acceptors (Lipinski definition) is 5. The maximum Gasteiger partial charge on any atom is 0.295 e. The van der Waals surface area contributed by atoms with E-state index in [1.165, 1.54) is 12.0 Å². The molecule has 2 aromatic rings. The van der Waals surface area contributed by atoms with Crippen LogP contribution in [0.1, 0.15) is 22.7 Å². The second kappa shape index (κ2) is 8.68. The number of aliphatic hydroxyl groups is 1. The average molecular weight is 416 g/mol. The first-order valence-corrected chi connectivity index (χ1v) is 9.44. The molecule has 1 amide bonds. The van der Waals surface area contributed by atoms with Crippen LogP contribution in [0.25, 0.3) is 5.76 Å². The molecule has 1 aliphatic rings. The molecular weight excluding hydrogens is 394 g/mol. The minimum Gasteiger partial charge on any atom is -0.507 e. The fourth-order valence-electron chi connectivity index (χ4n) is 3.47. The van der Waals surface area contributed by atoms with Gasteiger partial charge in [0.05, 0.1) is 25.3 Å². The third kappa shape index (κ3) is 3.99. The predicted octanol–water partition coefficient (Wildman–Crippen LogP) is 3.73. The van der Waals surface area contributed by atoms with Crippen LogP contribution in [0, 0.1) is 6.92 Å². The van der Waals surface area contributed by atoms with Gasteiger partial charge in [-0.1, -0.05) is 23.7 Å². The third-order valence-electron chi connectivity index (χ3n) is 4.95. The lowest BCUT2D eigenvalue weighted by molar-refractivity contribution is -0.140. The van der Waals surface area contributed by atoms with Gasteiger partial charge in [0.2, 0.25) is 0 Å². The van der Waals surface area contributed by atoms with Crippen molar-refractivity contribution in [3.63, 3.8) is 0 Å². The van der Waals surface area contributed by atoms with Gasteiger partial charge < -0.3 is 19.5 Å². The molecule has 0 radical (unpaired) electrons. The van der Waals surface area contributed by atoms with E-state index in [4.69, 9.17) is 21.1 Å². The SMILES string of the molecule is COCCN1C(=O)C(=O)C(=C(O)c2ccc(OC)cc2C)C1c1ccc(Cl)cc1. The van der Waals surface area contributed by atoms with Crippen LogP contribution in [0.4, 0.5) is 0 Å². The number of hydrogen-bond donors (Lipinski definition) is 1. The Bertz CT molecular complexity index is 968. The zero-order chi connectivity index (χ0) is 21.1. The second-order valence-electron chi connectivity index (χ2n) is 6.72. The summed E-state index contributed by atoms with van der Waals surface area (Å²) in [7, 11) is 3.07. The maximum absolute atomic E-state index is 12.9. The Kier molecular flexibility index (Phi) is 6.25. The molecule has 1 fully saturated rings. The fourth-order valence-corrected chi connectivity index (χ4v) is 3.59. The van der Waals surface area contributed by atoms with E-state index in [2.05, 4.69) is 0 Å². The summed E-state index contributed by atoms with van der Waals surface area (Å²) in [5.41, 5.74) is 1.91. The summed E-state index contributed by atoms with van der Waals surface area (Å²) >= 11 is 6.00. The highest BCUT2D eigenvalue weighted by Crippen LogP contribution is 2.40. The van der Waals surface area contributed by atoms with E-state index in [9.17, 15) is 14.7 Å². The first-order chi connectivity index (χ1) is 13.9. The van der Waals surface area contributed by atoms with Gasteiger partial charge in [0.1, 0.15) is 11.5 Å². The molecule has 0 bridgehead atoms. The van der Waals surface area contributed by atoms with Gasteiger partial charge in [0, 0.05) is 24.2 Å². The van der Waals surface area contributed by atoms with Gasteiger partial charge in [-0.15, -0.1) is 0 Å². The smallest absolute Gasteiger partial charge is 0.295 e. The predicted molar refractivity (Wildman–Crippen MR) is 110 cm³/mol. The summed E-state index contributed by atoms with van der Waals surface area (Å²) in [6.07, 6.45) is 0. The van der Waals surface area contributed by atoms with E-state index in [1.807, 2.05) is 0 Å². The number of carbonyl (C=O) groups is 2. The number of aliphatic hydroxyl groups excluding tert-OH is 1. The molecular formula is C22H22ClNO5. The minimum atomic E-state index is -0.732. The van der Waals surface area contributed by atoms with Crippen molar-refractivity contribution in [2.24, 2.45) is 0 Å². The zero-order valence-corrected chi connectivity index (χ0v) is 17.2. The summed E-state index contributed by atoms with van der Waals surface area (Å²) < 4.78 is 10.3. The van der Waals surface area contributed by atoms with Gasteiger partial charge >= 0.3 is 0 Å². The number of likely N-dealkylation sites (tertiary alicyclic amines) is 1. The molecule has 3 rings (SSSR count). The standard InChI is InChI=1S/C22H22ClNO5/c1-13-12-16(29-3)8-9-17(13)20(25)18-19(14-4-6-15(23)7-5-14)24(10-11-28-2)22(27)21(18)26/h4-9,12,19,25H,10-11H2,1-3H3. The summed E-state index contributed by atoms with van der Waals surface area (Å²) in [4.78, 5) is 27.0. The average Bonchev–Trinajstić information content (AvgIpc) is 2.96. The van der Waals surface area contributed by atoms with Gasteiger partial charge in [-0.05, 0) is 48.4 Å². The van der Waals surface area contributed by atoms with E-state index in [-0.39, 0.29) is 24.5 Å². The van der Waals surface area contributed by atoms with Crippen LogP contribution in [0.5, 0.6) is 5.75 Å². The maximum atomic E-state index is 12.9.